The Morgan fingerprint density at radius 2 is 1.78 bits per heavy atom. The van der Waals surface area contributed by atoms with Gasteiger partial charge in [0.2, 0.25) is 0 Å². The molecule has 0 bridgehead atoms. The normalized spacial score (nSPS) is 11.4. The maximum Gasteiger partial charge on any atom is 0.265 e. The minimum absolute atomic E-state index is 0.151. The number of ether oxygens (including phenoxy) is 2. The summed E-state index contributed by atoms with van der Waals surface area (Å²) in [6.45, 7) is 3.50. The van der Waals surface area contributed by atoms with Crippen LogP contribution >= 0.6 is 11.6 Å². The Hall–Kier alpha value is -3.58. The van der Waals surface area contributed by atoms with Gasteiger partial charge in [0, 0.05) is 11.3 Å². The number of hydrogen-bond acceptors (Lipinski definition) is 4. The van der Waals surface area contributed by atoms with E-state index < -0.39 is 23.7 Å². The summed E-state index contributed by atoms with van der Waals surface area (Å²) in [5.74, 6) is -0.656. The smallest absolute Gasteiger partial charge is 0.265 e. The molecule has 0 saturated heterocycles. The summed E-state index contributed by atoms with van der Waals surface area (Å²) in [5.41, 5.74) is 1.83. The van der Waals surface area contributed by atoms with E-state index >= 15 is 0 Å². The fourth-order valence-corrected chi connectivity index (χ4v) is 3.06. The number of methoxy groups -OCH3 is 1. The highest BCUT2D eigenvalue weighted by Gasteiger charge is 2.18. The van der Waals surface area contributed by atoms with E-state index in [1.54, 1.807) is 37.3 Å². The molecule has 0 aliphatic carbocycles. The number of rotatable bonds is 7. The van der Waals surface area contributed by atoms with E-state index in [0.29, 0.717) is 27.9 Å². The minimum Gasteiger partial charge on any atom is -0.495 e. The van der Waals surface area contributed by atoms with Crippen LogP contribution in [0.2, 0.25) is 5.02 Å². The van der Waals surface area contributed by atoms with Gasteiger partial charge in [0.15, 0.2) is 6.10 Å². The molecule has 1 unspecified atom stereocenters. The fourth-order valence-electron chi connectivity index (χ4n) is 2.90. The van der Waals surface area contributed by atoms with Crippen molar-refractivity contribution in [1.82, 2.24) is 0 Å². The van der Waals surface area contributed by atoms with Gasteiger partial charge in [0.1, 0.15) is 17.3 Å². The highest BCUT2D eigenvalue weighted by Crippen LogP contribution is 2.29. The predicted molar refractivity (Wildman–Crippen MR) is 122 cm³/mol. The highest BCUT2D eigenvalue weighted by molar-refractivity contribution is 6.32. The first-order valence-corrected chi connectivity index (χ1v) is 10.1. The second-order valence-corrected chi connectivity index (χ2v) is 7.47. The zero-order chi connectivity index (χ0) is 23.3. The van der Waals surface area contributed by atoms with E-state index in [9.17, 15) is 14.0 Å². The predicted octanol–water partition coefficient (Wildman–Crippen LogP) is 5.45. The molecule has 0 saturated carbocycles. The third-order valence-electron chi connectivity index (χ3n) is 4.56. The van der Waals surface area contributed by atoms with Gasteiger partial charge in [0.05, 0.1) is 17.8 Å². The molecule has 166 valence electrons. The molecule has 32 heavy (non-hydrogen) atoms. The quantitative estimate of drug-likeness (QED) is 0.495. The molecule has 1 atom stereocenters. The van der Waals surface area contributed by atoms with E-state index in [0.717, 1.165) is 11.6 Å². The molecule has 3 aromatic carbocycles. The van der Waals surface area contributed by atoms with Crippen molar-refractivity contribution in [2.45, 2.75) is 20.0 Å². The standard InChI is InChI=1S/C24H22ClFN2O4/c1-14-7-9-19(25)22(11-14)32-15(2)23(29)27-18-8-10-21(31-3)20(13-18)28-24(30)16-5-4-6-17(26)12-16/h4-13,15H,1-3H3,(H,27,29)(H,28,30). The van der Waals surface area contributed by atoms with Crippen LogP contribution in [0.4, 0.5) is 15.8 Å². The topological polar surface area (TPSA) is 76.7 Å². The number of benzene rings is 3. The van der Waals surface area contributed by atoms with Crippen molar-refractivity contribution in [3.05, 3.63) is 82.6 Å². The fraction of sp³-hybridized carbons (Fsp3) is 0.167. The van der Waals surface area contributed by atoms with E-state index in [4.69, 9.17) is 21.1 Å². The van der Waals surface area contributed by atoms with Crippen LogP contribution in [0.15, 0.2) is 60.7 Å². The summed E-state index contributed by atoms with van der Waals surface area (Å²) < 4.78 is 24.4. The SMILES string of the molecule is COc1ccc(NC(=O)C(C)Oc2cc(C)ccc2Cl)cc1NC(=O)c1cccc(F)c1. The van der Waals surface area contributed by atoms with Crippen LogP contribution in [-0.2, 0) is 4.79 Å². The van der Waals surface area contributed by atoms with Gasteiger partial charge in [-0.2, -0.15) is 0 Å². The number of hydrogen-bond donors (Lipinski definition) is 2. The second-order valence-electron chi connectivity index (χ2n) is 7.06. The summed E-state index contributed by atoms with van der Waals surface area (Å²) in [6, 6.07) is 15.4. The molecule has 0 aliphatic rings. The summed E-state index contributed by atoms with van der Waals surface area (Å²) >= 11 is 6.13. The lowest BCUT2D eigenvalue weighted by Gasteiger charge is -2.17. The first-order valence-electron chi connectivity index (χ1n) is 9.75. The summed E-state index contributed by atoms with van der Waals surface area (Å²) in [6.07, 6.45) is -0.832. The van der Waals surface area contributed by atoms with Gasteiger partial charge in [-0.1, -0.05) is 23.7 Å². The third-order valence-corrected chi connectivity index (χ3v) is 4.87. The van der Waals surface area contributed by atoms with E-state index in [-0.39, 0.29) is 5.56 Å². The molecular weight excluding hydrogens is 435 g/mol. The van der Waals surface area contributed by atoms with Crippen LogP contribution in [0.3, 0.4) is 0 Å². The maximum absolute atomic E-state index is 13.4. The molecule has 0 radical (unpaired) electrons. The molecule has 8 heteroatoms. The van der Waals surface area contributed by atoms with Crippen molar-refractivity contribution in [3.8, 4) is 11.5 Å². The number of anilines is 2. The Balaban J connectivity index is 1.73. The van der Waals surface area contributed by atoms with Crippen LogP contribution in [-0.4, -0.2) is 25.0 Å². The molecular formula is C24H22ClFN2O4. The zero-order valence-electron chi connectivity index (χ0n) is 17.7. The van der Waals surface area contributed by atoms with Crippen molar-refractivity contribution in [3.63, 3.8) is 0 Å². The lowest BCUT2D eigenvalue weighted by Crippen LogP contribution is -2.30. The van der Waals surface area contributed by atoms with Crippen molar-refractivity contribution in [2.24, 2.45) is 0 Å². The molecule has 0 heterocycles. The van der Waals surface area contributed by atoms with Crippen molar-refractivity contribution < 1.29 is 23.5 Å². The largest absolute Gasteiger partial charge is 0.495 e. The number of nitrogens with one attached hydrogen (secondary N) is 2. The zero-order valence-corrected chi connectivity index (χ0v) is 18.5. The molecule has 2 N–H and O–H groups in total. The average Bonchev–Trinajstić information content (AvgIpc) is 2.76. The molecule has 0 fully saturated rings. The maximum atomic E-state index is 13.4. The Bertz CT molecular complexity index is 1150. The Morgan fingerprint density at radius 1 is 1.00 bits per heavy atom. The average molecular weight is 457 g/mol. The molecule has 0 aromatic heterocycles. The van der Waals surface area contributed by atoms with Crippen LogP contribution in [0.25, 0.3) is 0 Å². The molecule has 0 spiro atoms. The lowest BCUT2D eigenvalue weighted by atomic mass is 10.2. The third kappa shape index (κ3) is 5.76. The second kappa shape index (κ2) is 10.2. The number of aryl methyl sites for hydroxylation is 1. The van der Waals surface area contributed by atoms with Gasteiger partial charge in [-0.05, 0) is 67.9 Å². The highest BCUT2D eigenvalue weighted by atomic mass is 35.5. The van der Waals surface area contributed by atoms with Crippen LogP contribution in [0.5, 0.6) is 11.5 Å². The number of carbonyl (C=O) groups is 2. The van der Waals surface area contributed by atoms with E-state index in [1.165, 1.54) is 25.3 Å². The molecule has 3 rings (SSSR count). The summed E-state index contributed by atoms with van der Waals surface area (Å²) in [7, 11) is 1.45. The van der Waals surface area contributed by atoms with Crippen LogP contribution in [0, 0.1) is 12.7 Å². The van der Waals surface area contributed by atoms with E-state index in [2.05, 4.69) is 10.6 Å². The van der Waals surface area contributed by atoms with Gasteiger partial charge in [-0.15, -0.1) is 0 Å². The van der Waals surface area contributed by atoms with Crippen LogP contribution in [0.1, 0.15) is 22.8 Å². The lowest BCUT2D eigenvalue weighted by molar-refractivity contribution is -0.122. The van der Waals surface area contributed by atoms with Gasteiger partial charge < -0.3 is 20.1 Å². The van der Waals surface area contributed by atoms with Gasteiger partial charge in [-0.3, -0.25) is 9.59 Å². The number of amides is 2. The monoisotopic (exact) mass is 456 g/mol. The molecule has 2 amide bonds. The Morgan fingerprint density at radius 3 is 2.50 bits per heavy atom. The molecule has 6 nitrogen and oxygen atoms in total. The van der Waals surface area contributed by atoms with Crippen molar-refractivity contribution in [1.29, 1.82) is 0 Å². The van der Waals surface area contributed by atoms with Gasteiger partial charge in [-0.25, -0.2) is 4.39 Å². The molecule has 0 aliphatic heterocycles. The number of carbonyl (C=O) groups excluding carboxylic acids is 2. The van der Waals surface area contributed by atoms with Gasteiger partial charge >= 0.3 is 0 Å². The first kappa shape index (κ1) is 23.1. The van der Waals surface area contributed by atoms with E-state index in [1.807, 2.05) is 13.0 Å². The first-order chi connectivity index (χ1) is 15.3. The Kier molecular flexibility index (Phi) is 7.33. The summed E-state index contributed by atoms with van der Waals surface area (Å²) in [4.78, 5) is 25.1. The van der Waals surface area contributed by atoms with Crippen LogP contribution < -0.4 is 20.1 Å². The number of halogens is 2. The van der Waals surface area contributed by atoms with Crippen molar-refractivity contribution in [2.75, 3.05) is 17.7 Å². The molecule has 3 aromatic rings. The van der Waals surface area contributed by atoms with Gasteiger partial charge in [0.25, 0.3) is 11.8 Å². The summed E-state index contributed by atoms with van der Waals surface area (Å²) in [5, 5.41) is 5.81. The van der Waals surface area contributed by atoms with Crippen molar-refractivity contribution >= 4 is 34.8 Å². The minimum atomic E-state index is -0.832. The Labute approximate surface area is 190 Å².